The van der Waals surface area contributed by atoms with E-state index < -0.39 is 11.7 Å². The van der Waals surface area contributed by atoms with E-state index >= 15 is 0 Å². The highest BCUT2D eigenvalue weighted by molar-refractivity contribution is 5.58. The summed E-state index contributed by atoms with van der Waals surface area (Å²) in [4.78, 5) is 4.03. The van der Waals surface area contributed by atoms with Crippen molar-refractivity contribution < 1.29 is 13.2 Å². The third-order valence-electron chi connectivity index (χ3n) is 2.08. The number of hydrogen-bond donors (Lipinski definition) is 0. The maximum Gasteiger partial charge on any atom is 0.416 e. The lowest BCUT2D eigenvalue weighted by atomic mass is 10.1. The molecule has 4 heteroatoms. The minimum absolute atomic E-state index is 0.550. The van der Waals surface area contributed by atoms with E-state index in [4.69, 9.17) is 0 Å². The summed E-state index contributed by atoms with van der Waals surface area (Å²) < 4.78 is 36.9. The molecule has 0 atom stereocenters. The first-order valence-electron chi connectivity index (χ1n) is 4.58. The summed E-state index contributed by atoms with van der Waals surface area (Å²) in [5.41, 5.74) is 0.456. The molecule has 81 valence electrons. The van der Waals surface area contributed by atoms with E-state index in [1.165, 1.54) is 6.07 Å². The van der Waals surface area contributed by atoms with Crippen LogP contribution in [0, 0.1) is 6.07 Å². The second-order valence-electron chi connectivity index (χ2n) is 3.20. The molecule has 1 nitrogen and oxygen atoms in total. The van der Waals surface area contributed by atoms with Crippen molar-refractivity contribution in [1.82, 2.24) is 4.98 Å². The van der Waals surface area contributed by atoms with Gasteiger partial charge < -0.3 is 0 Å². The molecule has 0 saturated carbocycles. The maximum absolute atomic E-state index is 12.3. The van der Waals surface area contributed by atoms with E-state index in [1.807, 2.05) is 0 Å². The first kappa shape index (κ1) is 10.7. The molecular weight excluding hydrogens is 215 g/mol. The summed E-state index contributed by atoms with van der Waals surface area (Å²) >= 11 is 0. The van der Waals surface area contributed by atoms with E-state index in [9.17, 15) is 13.2 Å². The van der Waals surface area contributed by atoms with Gasteiger partial charge in [0.25, 0.3) is 0 Å². The first-order chi connectivity index (χ1) is 7.57. The number of benzene rings is 1. The molecule has 0 aliphatic carbocycles. The topological polar surface area (TPSA) is 12.9 Å². The first-order valence-corrected chi connectivity index (χ1v) is 4.58. The van der Waals surface area contributed by atoms with Crippen molar-refractivity contribution >= 4 is 0 Å². The normalized spacial score (nSPS) is 11.4. The predicted octanol–water partition coefficient (Wildman–Crippen LogP) is 3.57. The SMILES string of the molecule is FC(F)(F)c1c[c]c(-c2ccccn2)cc1. The molecule has 0 saturated heterocycles. The number of halogens is 3. The molecule has 2 aromatic rings. The van der Waals surface area contributed by atoms with Gasteiger partial charge in [-0.3, -0.25) is 4.98 Å². The van der Waals surface area contributed by atoms with Gasteiger partial charge in [0.15, 0.2) is 0 Å². The highest BCUT2D eigenvalue weighted by atomic mass is 19.4. The van der Waals surface area contributed by atoms with E-state index in [0.29, 0.717) is 11.3 Å². The number of alkyl halides is 3. The number of pyridine rings is 1. The van der Waals surface area contributed by atoms with Crippen LogP contribution in [0.4, 0.5) is 13.2 Å². The summed E-state index contributed by atoms with van der Waals surface area (Å²) in [7, 11) is 0. The largest absolute Gasteiger partial charge is 0.416 e. The molecule has 1 aromatic heterocycles. The summed E-state index contributed by atoms with van der Waals surface area (Å²) in [6.07, 6.45) is -2.74. The predicted molar refractivity (Wildman–Crippen MR) is 53.5 cm³/mol. The third-order valence-corrected chi connectivity index (χ3v) is 2.08. The minimum atomic E-state index is -4.32. The van der Waals surface area contributed by atoms with Crippen LogP contribution in [0.5, 0.6) is 0 Å². The number of hydrogen-bond acceptors (Lipinski definition) is 1. The summed E-state index contributed by atoms with van der Waals surface area (Å²) in [6, 6.07) is 11.1. The van der Waals surface area contributed by atoms with Crippen LogP contribution < -0.4 is 0 Å². The highest BCUT2D eigenvalue weighted by Gasteiger charge is 2.30. The smallest absolute Gasteiger partial charge is 0.256 e. The number of aromatic nitrogens is 1. The van der Waals surface area contributed by atoms with Crippen LogP contribution in [0.3, 0.4) is 0 Å². The number of rotatable bonds is 1. The van der Waals surface area contributed by atoms with E-state index in [-0.39, 0.29) is 0 Å². The average Bonchev–Trinajstić information content (AvgIpc) is 2.29. The molecule has 0 amide bonds. The van der Waals surface area contributed by atoms with Crippen LogP contribution in [0.2, 0.25) is 0 Å². The fraction of sp³-hybridized carbons (Fsp3) is 0.0833. The Morgan fingerprint density at radius 3 is 2.38 bits per heavy atom. The van der Waals surface area contributed by atoms with Crippen molar-refractivity contribution in [3.05, 3.63) is 54.2 Å². The van der Waals surface area contributed by atoms with Crippen molar-refractivity contribution in [2.45, 2.75) is 6.18 Å². The molecular formula is C12H7F3N. The second-order valence-corrected chi connectivity index (χ2v) is 3.20. The van der Waals surface area contributed by atoms with Crippen LogP contribution >= 0.6 is 0 Å². The van der Waals surface area contributed by atoms with Crippen LogP contribution in [0.25, 0.3) is 11.3 Å². The van der Waals surface area contributed by atoms with Crippen molar-refractivity contribution in [3.8, 4) is 11.3 Å². The van der Waals surface area contributed by atoms with Crippen molar-refractivity contribution in [3.63, 3.8) is 0 Å². The summed E-state index contributed by atoms with van der Waals surface area (Å²) in [6.45, 7) is 0. The van der Waals surface area contributed by atoms with Gasteiger partial charge in [-0.1, -0.05) is 12.1 Å². The van der Waals surface area contributed by atoms with Gasteiger partial charge in [0.1, 0.15) is 0 Å². The molecule has 0 unspecified atom stereocenters. The molecule has 0 fully saturated rings. The van der Waals surface area contributed by atoms with Crippen LogP contribution in [-0.2, 0) is 6.18 Å². The fourth-order valence-electron chi connectivity index (χ4n) is 1.28. The van der Waals surface area contributed by atoms with Gasteiger partial charge in [-0.15, -0.1) is 0 Å². The van der Waals surface area contributed by atoms with Crippen LogP contribution in [0.15, 0.2) is 42.6 Å². The lowest BCUT2D eigenvalue weighted by Crippen LogP contribution is -2.04. The third kappa shape index (κ3) is 2.21. The monoisotopic (exact) mass is 222 g/mol. The Bertz CT molecular complexity index is 460. The van der Waals surface area contributed by atoms with E-state index in [0.717, 1.165) is 12.1 Å². The lowest BCUT2D eigenvalue weighted by molar-refractivity contribution is -0.137. The molecule has 0 bridgehead atoms. The van der Waals surface area contributed by atoms with Crippen LogP contribution in [-0.4, -0.2) is 4.98 Å². The van der Waals surface area contributed by atoms with Gasteiger partial charge in [0, 0.05) is 11.8 Å². The summed E-state index contributed by atoms with van der Waals surface area (Å²) in [5.74, 6) is 0. The van der Waals surface area contributed by atoms with E-state index in [1.54, 1.807) is 24.4 Å². The molecule has 0 aliphatic rings. The Morgan fingerprint density at radius 2 is 1.88 bits per heavy atom. The Kier molecular flexibility index (Phi) is 2.64. The maximum atomic E-state index is 12.3. The molecule has 1 aromatic carbocycles. The van der Waals surface area contributed by atoms with Gasteiger partial charge in [0.2, 0.25) is 0 Å². The molecule has 0 spiro atoms. The molecule has 1 radical (unpaired) electrons. The van der Waals surface area contributed by atoms with Gasteiger partial charge in [-0.2, -0.15) is 13.2 Å². The minimum Gasteiger partial charge on any atom is -0.256 e. The summed E-state index contributed by atoms with van der Waals surface area (Å²) in [5, 5.41) is 0. The standard InChI is InChI=1S/C12H7F3N/c13-12(14,15)10-6-4-9(5-7-10)11-3-1-2-8-16-11/h1-4,6-8H. The Morgan fingerprint density at radius 1 is 1.06 bits per heavy atom. The second kappa shape index (κ2) is 3.96. The highest BCUT2D eigenvalue weighted by Crippen LogP contribution is 2.30. The zero-order valence-electron chi connectivity index (χ0n) is 8.12. The molecule has 1 heterocycles. The quantitative estimate of drug-likeness (QED) is 0.718. The van der Waals surface area contributed by atoms with Crippen LogP contribution in [0.1, 0.15) is 5.56 Å². The Balaban J connectivity index is 2.34. The van der Waals surface area contributed by atoms with E-state index in [2.05, 4.69) is 11.1 Å². The van der Waals surface area contributed by atoms with Gasteiger partial charge in [-0.05, 0) is 30.3 Å². The number of nitrogens with zero attached hydrogens (tertiary/aromatic N) is 1. The molecule has 16 heavy (non-hydrogen) atoms. The Hall–Kier alpha value is -1.84. The lowest BCUT2D eigenvalue weighted by Gasteiger charge is -2.06. The Labute approximate surface area is 90.6 Å². The molecule has 2 rings (SSSR count). The average molecular weight is 222 g/mol. The van der Waals surface area contributed by atoms with Crippen molar-refractivity contribution in [1.29, 1.82) is 0 Å². The van der Waals surface area contributed by atoms with Gasteiger partial charge in [-0.25, -0.2) is 0 Å². The van der Waals surface area contributed by atoms with Gasteiger partial charge in [0.05, 0.1) is 11.3 Å². The van der Waals surface area contributed by atoms with Gasteiger partial charge >= 0.3 is 6.18 Å². The zero-order chi connectivity index (χ0) is 11.6. The van der Waals surface area contributed by atoms with Crippen molar-refractivity contribution in [2.24, 2.45) is 0 Å². The van der Waals surface area contributed by atoms with Crippen molar-refractivity contribution in [2.75, 3.05) is 0 Å². The molecule has 0 aliphatic heterocycles. The fourth-order valence-corrected chi connectivity index (χ4v) is 1.28. The molecule has 0 N–H and O–H groups in total. The zero-order valence-corrected chi connectivity index (χ0v) is 8.12.